The molecule has 1 saturated heterocycles. The van der Waals surface area contributed by atoms with Crippen LogP contribution in [0, 0.1) is 0 Å². The van der Waals surface area contributed by atoms with E-state index in [-0.39, 0.29) is 5.91 Å². The average molecular weight is 343 g/mol. The molecule has 0 spiro atoms. The molecule has 0 aromatic carbocycles. The zero-order chi connectivity index (χ0) is 18.0. The van der Waals surface area contributed by atoms with Crippen LogP contribution in [0.3, 0.4) is 0 Å². The van der Waals surface area contributed by atoms with Crippen LogP contribution in [0.1, 0.15) is 39.2 Å². The molecule has 0 bridgehead atoms. The van der Waals surface area contributed by atoms with Crippen molar-refractivity contribution in [2.75, 3.05) is 19.6 Å². The van der Waals surface area contributed by atoms with Gasteiger partial charge in [-0.2, -0.15) is 0 Å². The Morgan fingerprint density at radius 3 is 2.68 bits per heavy atom. The molecule has 0 aliphatic carbocycles. The maximum Gasteiger partial charge on any atom is 0.410 e. The lowest BCUT2D eigenvalue weighted by atomic mass is 9.98. The van der Waals surface area contributed by atoms with Crippen molar-refractivity contribution in [1.82, 2.24) is 14.8 Å². The number of rotatable bonds is 2. The Bertz CT molecular complexity index is 679. The van der Waals surface area contributed by atoms with Crippen LogP contribution >= 0.6 is 0 Å². The van der Waals surface area contributed by atoms with E-state index in [0.717, 1.165) is 17.6 Å². The number of aromatic nitrogens is 1. The lowest BCUT2D eigenvalue weighted by Gasteiger charge is -2.43. The SMILES string of the molecule is CC(C)(C)OC(=O)N1CC[C@@H]1C(=O)N1CCC=C(c2cccnc2)C1. The van der Waals surface area contributed by atoms with Gasteiger partial charge in [-0.1, -0.05) is 12.1 Å². The Morgan fingerprint density at radius 2 is 2.08 bits per heavy atom. The predicted octanol–water partition coefficient (Wildman–Crippen LogP) is 2.71. The Labute approximate surface area is 148 Å². The predicted molar refractivity (Wildman–Crippen MR) is 94.8 cm³/mol. The van der Waals surface area contributed by atoms with Gasteiger partial charge in [0.2, 0.25) is 5.91 Å². The summed E-state index contributed by atoms with van der Waals surface area (Å²) < 4.78 is 5.40. The molecule has 0 N–H and O–H groups in total. The van der Waals surface area contributed by atoms with E-state index in [0.29, 0.717) is 26.1 Å². The molecular formula is C19H25N3O3. The van der Waals surface area contributed by atoms with Crippen molar-refractivity contribution in [2.24, 2.45) is 0 Å². The minimum Gasteiger partial charge on any atom is -0.444 e. The van der Waals surface area contributed by atoms with Gasteiger partial charge in [0.05, 0.1) is 0 Å². The van der Waals surface area contributed by atoms with E-state index in [1.165, 1.54) is 4.90 Å². The lowest BCUT2D eigenvalue weighted by Crippen LogP contribution is -2.60. The fourth-order valence-corrected chi connectivity index (χ4v) is 3.09. The smallest absolute Gasteiger partial charge is 0.410 e. The van der Waals surface area contributed by atoms with Crippen molar-refractivity contribution < 1.29 is 14.3 Å². The van der Waals surface area contributed by atoms with Crippen molar-refractivity contribution in [3.05, 3.63) is 36.2 Å². The first-order valence-corrected chi connectivity index (χ1v) is 8.73. The fourth-order valence-electron chi connectivity index (χ4n) is 3.09. The summed E-state index contributed by atoms with van der Waals surface area (Å²) in [7, 11) is 0. The van der Waals surface area contributed by atoms with E-state index in [1.54, 1.807) is 6.20 Å². The molecule has 2 aliphatic rings. The van der Waals surface area contributed by atoms with Gasteiger partial charge in [0.15, 0.2) is 0 Å². The second-order valence-corrected chi connectivity index (χ2v) is 7.50. The molecule has 0 saturated carbocycles. The Hall–Kier alpha value is -2.37. The first-order valence-electron chi connectivity index (χ1n) is 8.73. The zero-order valence-electron chi connectivity index (χ0n) is 15.1. The molecule has 2 amide bonds. The fraction of sp³-hybridized carbons (Fsp3) is 0.526. The van der Waals surface area contributed by atoms with E-state index >= 15 is 0 Å². The quantitative estimate of drug-likeness (QED) is 0.828. The van der Waals surface area contributed by atoms with Gasteiger partial charge in [-0.3, -0.25) is 14.7 Å². The van der Waals surface area contributed by atoms with Crippen molar-refractivity contribution in [3.63, 3.8) is 0 Å². The third-order valence-corrected chi connectivity index (χ3v) is 4.43. The minimum atomic E-state index is -0.554. The van der Waals surface area contributed by atoms with E-state index < -0.39 is 17.7 Å². The van der Waals surface area contributed by atoms with Gasteiger partial charge < -0.3 is 9.64 Å². The molecule has 134 valence electrons. The van der Waals surface area contributed by atoms with Gasteiger partial charge in [-0.05, 0) is 50.8 Å². The number of carbonyl (C=O) groups is 2. The van der Waals surface area contributed by atoms with Crippen molar-refractivity contribution in [1.29, 1.82) is 0 Å². The van der Waals surface area contributed by atoms with Gasteiger partial charge in [-0.15, -0.1) is 0 Å². The molecule has 6 nitrogen and oxygen atoms in total. The number of hydrogen-bond donors (Lipinski definition) is 0. The van der Waals surface area contributed by atoms with Crippen LogP contribution < -0.4 is 0 Å². The summed E-state index contributed by atoms with van der Waals surface area (Å²) in [5.41, 5.74) is 1.59. The monoisotopic (exact) mass is 343 g/mol. The summed E-state index contributed by atoms with van der Waals surface area (Å²) in [6.07, 6.45) is 6.82. The normalized spacial score (nSPS) is 20.6. The zero-order valence-corrected chi connectivity index (χ0v) is 15.1. The number of hydrogen-bond acceptors (Lipinski definition) is 4. The second-order valence-electron chi connectivity index (χ2n) is 7.50. The summed E-state index contributed by atoms with van der Waals surface area (Å²) in [6, 6.07) is 3.50. The Balaban J connectivity index is 1.64. The third-order valence-electron chi connectivity index (χ3n) is 4.43. The van der Waals surface area contributed by atoms with Crippen molar-refractivity contribution in [2.45, 2.75) is 45.3 Å². The molecule has 1 aromatic heterocycles. The molecule has 3 rings (SSSR count). The highest BCUT2D eigenvalue weighted by molar-refractivity contribution is 5.89. The van der Waals surface area contributed by atoms with E-state index in [2.05, 4.69) is 11.1 Å². The first kappa shape index (κ1) is 17.5. The Morgan fingerprint density at radius 1 is 1.28 bits per heavy atom. The molecule has 0 radical (unpaired) electrons. The van der Waals surface area contributed by atoms with Gasteiger partial charge in [0.25, 0.3) is 0 Å². The topological polar surface area (TPSA) is 62.7 Å². The summed E-state index contributed by atoms with van der Waals surface area (Å²) in [5.74, 6) is 0.00611. The second kappa shape index (κ2) is 6.86. The summed E-state index contributed by atoms with van der Waals surface area (Å²) >= 11 is 0. The van der Waals surface area contributed by atoms with Gasteiger partial charge in [-0.25, -0.2) is 4.79 Å². The highest BCUT2D eigenvalue weighted by Gasteiger charge is 2.42. The number of likely N-dealkylation sites (tertiary alicyclic amines) is 1. The van der Waals surface area contributed by atoms with Crippen molar-refractivity contribution >= 4 is 17.6 Å². The number of pyridine rings is 1. The van der Waals surface area contributed by atoms with Gasteiger partial charge in [0, 0.05) is 32.0 Å². The highest BCUT2D eigenvalue weighted by Crippen LogP contribution is 2.26. The number of carbonyl (C=O) groups excluding carboxylic acids is 2. The largest absolute Gasteiger partial charge is 0.444 e. The molecule has 1 aromatic rings. The number of ether oxygens (including phenoxy) is 1. The van der Waals surface area contributed by atoms with E-state index in [4.69, 9.17) is 4.74 Å². The van der Waals surface area contributed by atoms with Crippen LogP contribution in [-0.2, 0) is 9.53 Å². The van der Waals surface area contributed by atoms with Crippen LogP contribution in [0.15, 0.2) is 30.6 Å². The van der Waals surface area contributed by atoms with E-state index in [9.17, 15) is 9.59 Å². The maximum atomic E-state index is 12.9. The molecular weight excluding hydrogens is 318 g/mol. The molecule has 3 heterocycles. The lowest BCUT2D eigenvalue weighted by molar-refractivity contribution is -0.140. The number of nitrogens with zero attached hydrogens (tertiary/aromatic N) is 3. The van der Waals surface area contributed by atoms with Crippen LogP contribution in [0.4, 0.5) is 4.79 Å². The van der Waals surface area contributed by atoms with Crippen LogP contribution in [0.2, 0.25) is 0 Å². The summed E-state index contributed by atoms with van der Waals surface area (Å²) in [5, 5.41) is 0. The summed E-state index contributed by atoms with van der Waals surface area (Å²) in [6.45, 7) is 7.31. The minimum absolute atomic E-state index is 0.00611. The Kier molecular flexibility index (Phi) is 4.79. The molecule has 1 atom stereocenters. The third kappa shape index (κ3) is 4.00. The maximum absolute atomic E-state index is 12.9. The molecule has 6 heteroatoms. The average Bonchev–Trinajstić information content (AvgIpc) is 2.53. The van der Waals surface area contributed by atoms with Crippen molar-refractivity contribution in [3.8, 4) is 0 Å². The van der Waals surface area contributed by atoms with Crippen LogP contribution in [0.25, 0.3) is 5.57 Å². The highest BCUT2D eigenvalue weighted by atomic mass is 16.6. The first-order chi connectivity index (χ1) is 11.8. The number of amides is 2. The molecule has 2 aliphatic heterocycles. The molecule has 1 fully saturated rings. The molecule has 25 heavy (non-hydrogen) atoms. The summed E-state index contributed by atoms with van der Waals surface area (Å²) in [4.78, 5) is 32.6. The standard InChI is InChI=1S/C19H25N3O3/c1-19(2,3)25-18(24)22-11-8-16(22)17(23)21-10-5-7-15(13-21)14-6-4-9-20-12-14/h4,6-7,9,12,16H,5,8,10-11,13H2,1-3H3/t16-/m1/s1. The molecule has 0 unspecified atom stereocenters. The van der Waals surface area contributed by atoms with E-state index in [1.807, 2.05) is 44.0 Å². The van der Waals surface area contributed by atoms with Gasteiger partial charge in [0.1, 0.15) is 11.6 Å². The van der Waals surface area contributed by atoms with Crippen LogP contribution in [0.5, 0.6) is 0 Å². The van der Waals surface area contributed by atoms with Crippen LogP contribution in [-0.4, -0.2) is 58.1 Å². The van der Waals surface area contributed by atoms with Gasteiger partial charge >= 0.3 is 6.09 Å².